The van der Waals surface area contributed by atoms with Gasteiger partial charge in [-0.15, -0.1) is 0 Å². The van der Waals surface area contributed by atoms with Crippen molar-refractivity contribution in [3.8, 4) is 11.3 Å². The van der Waals surface area contributed by atoms with Crippen molar-refractivity contribution >= 4 is 11.6 Å². The molecule has 0 aliphatic rings. The van der Waals surface area contributed by atoms with Crippen LogP contribution in [0.15, 0.2) is 30.5 Å². The van der Waals surface area contributed by atoms with Crippen LogP contribution in [0.3, 0.4) is 0 Å². The van der Waals surface area contributed by atoms with Crippen molar-refractivity contribution in [2.24, 2.45) is 0 Å². The van der Waals surface area contributed by atoms with Crippen LogP contribution in [0.25, 0.3) is 11.3 Å². The number of nitrogens with zero attached hydrogens (tertiary/aromatic N) is 1. The summed E-state index contributed by atoms with van der Waals surface area (Å²) in [6.45, 7) is 2.16. The Balaban J connectivity index is 2.45. The van der Waals surface area contributed by atoms with Gasteiger partial charge in [0.15, 0.2) is 0 Å². The fourth-order valence-electron chi connectivity index (χ4n) is 1.66. The fraction of sp³-hybridized carbons (Fsp3) is 0.250. The molecule has 1 aromatic carbocycles. The summed E-state index contributed by atoms with van der Waals surface area (Å²) >= 11 is 6.13. The quantitative estimate of drug-likeness (QED) is 0.840. The van der Waals surface area contributed by atoms with Crippen LogP contribution in [0.2, 0.25) is 5.02 Å². The first-order chi connectivity index (χ1) is 7.33. The molecule has 0 radical (unpaired) electrons. The largest absolute Gasteiger partial charge is 0.285 e. The van der Waals surface area contributed by atoms with E-state index in [0.717, 1.165) is 29.1 Å². The maximum atomic E-state index is 6.13. The summed E-state index contributed by atoms with van der Waals surface area (Å²) in [6, 6.07) is 7.79. The van der Waals surface area contributed by atoms with Crippen LogP contribution in [0.4, 0.5) is 0 Å². The Morgan fingerprint density at radius 1 is 1.33 bits per heavy atom. The minimum atomic E-state index is 0.752. The Morgan fingerprint density at radius 3 is 2.87 bits per heavy atom. The van der Waals surface area contributed by atoms with E-state index in [1.54, 1.807) is 0 Å². The van der Waals surface area contributed by atoms with Crippen LogP contribution < -0.4 is 0 Å². The molecule has 2 nitrogen and oxygen atoms in total. The van der Waals surface area contributed by atoms with Gasteiger partial charge in [0.1, 0.15) is 0 Å². The minimum Gasteiger partial charge on any atom is -0.285 e. The maximum absolute atomic E-state index is 6.13. The molecule has 0 amide bonds. The van der Waals surface area contributed by atoms with Crippen molar-refractivity contribution < 1.29 is 0 Å². The zero-order chi connectivity index (χ0) is 10.7. The third kappa shape index (κ3) is 2.05. The molecule has 0 saturated carbocycles. The van der Waals surface area contributed by atoms with Gasteiger partial charge in [0.05, 0.1) is 10.7 Å². The van der Waals surface area contributed by atoms with E-state index >= 15 is 0 Å². The highest BCUT2D eigenvalue weighted by Gasteiger charge is 2.09. The SMILES string of the molecule is CCCc1c[nH]nc1-c1ccccc1Cl. The van der Waals surface area contributed by atoms with Gasteiger partial charge in [-0.25, -0.2) is 0 Å². The predicted octanol–water partition coefficient (Wildman–Crippen LogP) is 3.68. The van der Waals surface area contributed by atoms with Gasteiger partial charge in [0.25, 0.3) is 0 Å². The van der Waals surface area contributed by atoms with Crippen LogP contribution >= 0.6 is 11.6 Å². The van der Waals surface area contributed by atoms with Gasteiger partial charge in [-0.3, -0.25) is 5.10 Å². The molecule has 2 aromatic rings. The molecule has 0 bridgehead atoms. The number of hydrogen-bond donors (Lipinski definition) is 1. The van der Waals surface area contributed by atoms with Crippen molar-refractivity contribution in [1.82, 2.24) is 10.2 Å². The topological polar surface area (TPSA) is 28.7 Å². The highest BCUT2D eigenvalue weighted by atomic mass is 35.5. The second kappa shape index (κ2) is 4.49. The normalized spacial score (nSPS) is 10.5. The average Bonchev–Trinajstić information content (AvgIpc) is 2.67. The molecule has 0 fully saturated rings. The summed E-state index contributed by atoms with van der Waals surface area (Å²) in [5, 5.41) is 7.91. The number of halogens is 1. The molecule has 0 aliphatic heterocycles. The maximum Gasteiger partial charge on any atom is 0.0967 e. The fourth-order valence-corrected chi connectivity index (χ4v) is 1.89. The molecule has 0 atom stereocenters. The summed E-state index contributed by atoms with van der Waals surface area (Å²) in [7, 11) is 0. The van der Waals surface area contributed by atoms with Gasteiger partial charge >= 0.3 is 0 Å². The summed E-state index contributed by atoms with van der Waals surface area (Å²) in [5.74, 6) is 0. The van der Waals surface area contributed by atoms with Crippen molar-refractivity contribution in [2.75, 3.05) is 0 Å². The van der Waals surface area contributed by atoms with E-state index in [1.807, 2.05) is 30.5 Å². The van der Waals surface area contributed by atoms with Gasteiger partial charge in [-0.2, -0.15) is 5.10 Å². The molecule has 3 heteroatoms. The lowest BCUT2D eigenvalue weighted by Gasteiger charge is -2.02. The molecule has 1 N–H and O–H groups in total. The third-order valence-electron chi connectivity index (χ3n) is 2.37. The predicted molar refractivity (Wildman–Crippen MR) is 63.0 cm³/mol. The van der Waals surface area contributed by atoms with Gasteiger partial charge in [0.2, 0.25) is 0 Å². The average molecular weight is 221 g/mol. The Morgan fingerprint density at radius 2 is 2.13 bits per heavy atom. The van der Waals surface area contributed by atoms with Crippen LogP contribution in [0.1, 0.15) is 18.9 Å². The van der Waals surface area contributed by atoms with Crippen LogP contribution in [0, 0.1) is 0 Å². The lowest BCUT2D eigenvalue weighted by atomic mass is 10.1. The zero-order valence-electron chi connectivity index (χ0n) is 8.63. The Hall–Kier alpha value is -1.28. The third-order valence-corrected chi connectivity index (χ3v) is 2.70. The molecule has 0 spiro atoms. The number of benzene rings is 1. The van der Waals surface area contributed by atoms with Crippen LogP contribution in [-0.4, -0.2) is 10.2 Å². The van der Waals surface area contributed by atoms with Crippen molar-refractivity contribution in [3.63, 3.8) is 0 Å². The molecule has 1 heterocycles. The Kier molecular flexibility index (Phi) is 3.07. The molecule has 78 valence electrons. The standard InChI is InChI=1S/C12H13ClN2/c1-2-5-9-8-14-15-12(9)10-6-3-4-7-11(10)13/h3-4,6-8H,2,5H2,1H3,(H,14,15). The van der Waals surface area contributed by atoms with Gasteiger partial charge in [0, 0.05) is 11.8 Å². The smallest absolute Gasteiger partial charge is 0.0967 e. The second-order valence-electron chi connectivity index (χ2n) is 3.49. The van der Waals surface area contributed by atoms with E-state index in [1.165, 1.54) is 5.56 Å². The van der Waals surface area contributed by atoms with E-state index < -0.39 is 0 Å². The number of hydrogen-bond acceptors (Lipinski definition) is 1. The van der Waals surface area contributed by atoms with Gasteiger partial charge < -0.3 is 0 Å². The molecule has 2 rings (SSSR count). The van der Waals surface area contributed by atoms with Crippen LogP contribution in [-0.2, 0) is 6.42 Å². The van der Waals surface area contributed by atoms with Crippen molar-refractivity contribution in [3.05, 3.63) is 41.0 Å². The monoisotopic (exact) mass is 220 g/mol. The van der Waals surface area contributed by atoms with Gasteiger partial charge in [-0.05, 0) is 18.1 Å². The summed E-state index contributed by atoms with van der Waals surface area (Å²) in [4.78, 5) is 0. The lowest BCUT2D eigenvalue weighted by Crippen LogP contribution is -1.86. The molecule has 15 heavy (non-hydrogen) atoms. The number of nitrogens with one attached hydrogen (secondary N) is 1. The number of aryl methyl sites for hydroxylation is 1. The summed E-state index contributed by atoms with van der Waals surface area (Å²) in [5.41, 5.74) is 3.21. The number of aromatic nitrogens is 2. The lowest BCUT2D eigenvalue weighted by molar-refractivity contribution is 0.924. The van der Waals surface area contributed by atoms with Crippen molar-refractivity contribution in [2.45, 2.75) is 19.8 Å². The van der Waals surface area contributed by atoms with E-state index in [4.69, 9.17) is 11.6 Å². The number of H-pyrrole nitrogens is 1. The molecule has 0 unspecified atom stereocenters. The number of rotatable bonds is 3. The Bertz CT molecular complexity index is 448. The van der Waals surface area contributed by atoms with Crippen LogP contribution in [0.5, 0.6) is 0 Å². The molecular formula is C12H13ClN2. The summed E-state index contributed by atoms with van der Waals surface area (Å²) in [6.07, 6.45) is 4.08. The highest BCUT2D eigenvalue weighted by molar-refractivity contribution is 6.33. The Labute approximate surface area is 94.3 Å². The highest BCUT2D eigenvalue weighted by Crippen LogP contribution is 2.28. The van der Waals surface area contributed by atoms with E-state index in [9.17, 15) is 0 Å². The molecule has 1 aromatic heterocycles. The first-order valence-corrected chi connectivity index (χ1v) is 5.48. The second-order valence-corrected chi connectivity index (χ2v) is 3.90. The molecule has 0 aliphatic carbocycles. The van der Waals surface area contributed by atoms with Gasteiger partial charge in [-0.1, -0.05) is 43.1 Å². The van der Waals surface area contributed by atoms with E-state index in [0.29, 0.717) is 0 Å². The van der Waals surface area contributed by atoms with E-state index in [2.05, 4.69) is 17.1 Å². The van der Waals surface area contributed by atoms with Crippen molar-refractivity contribution in [1.29, 1.82) is 0 Å². The molecular weight excluding hydrogens is 208 g/mol. The minimum absolute atomic E-state index is 0.752. The van der Waals surface area contributed by atoms with E-state index in [-0.39, 0.29) is 0 Å². The first-order valence-electron chi connectivity index (χ1n) is 5.10. The molecule has 0 saturated heterocycles. The first kappa shape index (κ1) is 10.2. The summed E-state index contributed by atoms with van der Waals surface area (Å²) < 4.78 is 0. The number of aromatic amines is 1. The zero-order valence-corrected chi connectivity index (χ0v) is 9.38.